The summed E-state index contributed by atoms with van der Waals surface area (Å²) in [6.07, 6.45) is 0.597. The van der Waals surface area contributed by atoms with Gasteiger partial charge in [-0.1, -0.05) is 11.3 Å². The van der Waals surface area contributed by atoms with Gasteiger partial charge in [-0.3, -0.25) is 9.59 Å². The normalized spacial score (nSPS) is 18.6. The second-order valence-corrected chi connectivity index (χ2v) is 7.56. The van der Waals surface area contributed by atoms with E-state index in [1.807, 2.05) is 0 Å². The third-order valence-corrected chi connectivity index (χ3v) is 6.64. The van der Waals surface area contributed by atoms with E-state index in [1.54, 1.807) is 0 Å². The first-order valence-corrected chi connectivity index (χ1v) is 8.00. The first-order valence-electron chi connectivity index (χ1n) is 5.75. The largest absolute Gasteiger partial charge is 0.481 e. The average Bonchev–Trinajstić information content (AvgIpc) is 2.69. The van der Waals surface area contributed by atoms with Gasteiger partial charge in [0.05, 0.1) is 5.92 Å². The molecule has 0 aromatic carbocycles. The van der Waals surface area contributed by atoms with Gasteiger partial charge in [-0.15, -0.1) is 0 Å². The Hall–Kier alpha value is -1.19. The Morgan fingerprint density at radius 2 is 2.00 bits per heavy atom. The van der Waals surface area contributed by atoms with Gasteiger partial charge in [0.25, 0.3) is 10.0 Å². The standard InChI is InChI=1S/C10H14N2O5S2/c1-6-9(18-10(15)11-6)19(16,17)12-4-2-7(3-5-12)8(13)14/h7H,2-5H2,1H3,(H,11,15)(H,13,14). The zero-order valence-corrected chi connectivity index (χ0v) is 11.9. The van der Waals surface area contributed by atoms with Crippen LogP contribution in [-0.4, -0.2) is 41.9 Å². The van der Waals surface area contributed by atoms with Crippen molar-refractivity contribution in [3.8, 4) is 0 Å². The van der Waals surface area contributed by atoms with Crippen molar-refractivity contribution >= 4 is 27.3 Å². The van der Waals surface area contributed by atoms with Crippen LogP contribution in [0.15, 0.2) is 9.00 Å². The van der Waals surface area contributed by atoms with Gasteiger partial charge in [-0.2, -0.15) is 4.31 Å². The molecule has 0 radical (unpaired) electrons. The molecule has 0 amide bonds. The van der Waals surface area contributed by atoms with Gasteiger partial charge in [0.2, 0.25) is 0 Å². The minimum absolute atomic E-state index is 0.0197. The molecular formula is C10H14N2O5S2. The number of aliphatic carboxylic acids is 1. The quantitative estimate of drug-likeness (QED) is 0.831. The van der Waals surface area contributed by atoms with E-state index in [9.17, 15) is 18.0 Å². The molecular weight excluding hydrogens is 292 g/mol. The Morgan fingerprint density at radius 3 is 2.42 bits per heavy atom. The summed E-state index contributed by atoms with van der Waals surface area (Å²) in [7, 11) is -3.69. The van der Waals surface area contributed by atoms with Crippen molar-refractivity contribution in [3.63, 3.8) is 0 Å². The van der Waals surface area contributed by atoms with Gasteiger partial charge in [-0.25, -0.2) is 8.42 Å². The van der Waals surface area contributed by atoms with E-state index in [0.29, 0.717) is 29.9 Å². The Bertz CT molecular complexity index is 637. The van der Waals surface area contributed by atoms with Crippen LogP contribution in [0.3, 0.4) is 0 Å². The lowest BCUT2D eigenvalue weighted by atomic mass is 9.99. The molecule has 9 heteroatoms. The number of carbonyl (C=O) groups is 1. The lowest BCUT2D eigenvalue weighted by molar-refractivity contribution is -0.142. The van der Waals surface area contributed by atoms with Gasteiger partial charge in [0.1, 0.15) is 0 Å². The van der Waals surface area contributed by atoms with Crippen molar-refractivity contribution in [2.75, 3.05) is 13.1 Å². The topological polar surface area (TPSA) is 108 Å². The number of hydrogen-bond donors (Lipinski definition) is 2. The number of nitrogens with zero attached hydrogens (tertiary/aromatic N) is 1. The van der Waals surface area contributed by atoms with Crippen molar-refractivity contribution in [2.24, 2.45) is 5.92 Å². The molecule has 1 aliphatic heterocycles. The number of nitrogens with one attached hydrogen (secondary N) is 1. The van der Waals surface area contributed by atoms with E-state index in [1.165, 1.54) is 11.2 Å². The maximum Gasteiger partial charge on any atom is 0.306 e. The lowest BCUT2D eigenvalue weighted by Gasteiger charge is -2.28. The minimum Gasteiger partial charge on any atom is -0.481 e. The van der Waals surface area contributed by atoms with E-state index in [-0.39, 0.29) is 17.3 Å². The van der Waals surface area contributed by atoms with Gasteiger partial charge in [0.15, 0.2) is 4.21 Å². The van der Waals surface area contributed by atoms with Gasteiger partial charge < -0.3 is 10.1 Å². The van der Waals surface area contributed by atoms with Crippen molar-refractivity contribution in [3.05, 3.63) is 15.4 Å². The summed E-state index contributed by atoms with van der Waals surface area (Å²) >= 11 is 0.665. The highest BCUT2D eigenvalue weighted by atomic mass is 32.2. The number of rotatable bonds is 3. The molecule has 106 valence electrons. The van der Waals surface area contributed by atoms with Crippen LogP contribution >= 0.6 is 11.3 Å². The molecule has 1 aromatic heterocycles. The molecule has 0 spiro atoms. The Balaban J connectivity index is 2.21. The zero-order chi connectivity index (χ0) is 14.2. The number of aryl methyl sites for hydroxylation is 1. The first kappa shape index (κ1) is 14.2. The molecule has 0 bridgehead atoms. The predicted octanol–water partition coefficient (Wildman–Crippen LogP) is 0.230. The Kier molecular flexibility index (Phi) is 3.79. The van der Waals surface area contributed by atoms with Crippen LogP contribution in [0.1, 0.15) is 18.5 Å². The van der Waals surface area contributed by atoms with E-state index in [0.717, 1.165) is 0 Å². The number of aromatic nitrogens is 1. The van der Waals surface area contributed by atoms with Gasteiger partial charge >= 0.3 is 10.8 Å². The molecule has 0 unspecified atom stereocenters. The number of carboxylic acids is 1. The molecule has 19 heavy (non-hydrogen) atoms. The summed E-state index contributed by atoms with van der Waals surface area (Å²) in [5.41, 5.74) is 0.329. The smallest absolute Gasteiger partial charge is 0.306 e. The third-order valence-electron chi connectivity index (χ3n) is 3.16. The van der Waals surface area contributed by atoms with E-state index in [2.05, 4.69) is 4.98 Å². The molecule has 1 aromatic rings. The number of aromatic amines is 1. The van der Waals surface area contributed by atoms with E-state index in [4.69, 9.17) is 5.11 Å². The second-order valence-electron chi connectivity index (χ2n) is 4.44. The average molecular weight is 306 g/mol. The molecule has 0 saturated carbocycles. The van der Waals surface area contributed by atoms with Crippen molar-refractivity contribution < 1.29 is 18.3 Å². The molecule has 0 atom stereocenters. The number of carboxylic acid groups (broad SMARTS) is 1. The SMILES string of the molecule is Cc1[nH]c(=O)sc1S(=O)(=O)N1CCC(C(=O)O)CC1. The fraction of sp³-hybridized carbons (Fsp3) is 0.600. The summed E-state index contributed by atoms with van der Waals surface area (Å²) in [6.45, 7) is 1.88. The van der Waals surface area contributed by atoms with Crippen molar-refractivity contribution in [1.29, 1.82) is 0 Å². The van der Waals surface area contributed by atoms with Crippen molar-refractivity contribution in [1.82, 2.24) is 9.29 Å². The number of H-pyrrole nitrogens is 1. The maximum atomic E-state index is 12.3. The van der Waals surface area contributed by atoms with Crippen LogP contribution in [0.4, 0.5) is 0 Å². The number of thiazole rings is 1. The molecule has 1 aliphatic rings. The maximum absolute atomic E-state index is 12.3. The van der Waals surface area contributed by atoms with Gasteiger partial charge in [-0.05, 0) is 19.8 Å². The van der Waals surface area contributed by atoms with E-state index < -0.39 is 26.8 Å². The summed E-state index contributed by atoms with van der Waals surface area (Å²) in [4.78, 5) is 24.0. The number of sulfonamides is 1. The van der Waals surface area contributed by atoms with Crippen LogP contribution in [0.25, 0.3) is 0 Å². The van der Waals surface area contributed by atoms with Crippen LogP contribution < -0.4 is 4.87 Å². The molecule has 2 N–H and O–H groups in total. The lowest BCUT2D eigenvalue weighted by Crippen LogP contribution is -2.40. The molecule has 2 rings (SSSR count). The molecule has 0 aliphatic carbocycles. The second kappa shape index (κ2) is 5.06. The van der Waals surface area contributed by atoms with E-state index >= 15 is 0 Å². The summed E-state index contributed by atoms with van der Waals surface area (Å²) in [6, 6.07) is 0. The van der Waals surface area contributed by atoms with Crippen LogP contribution in [0.2, 0.25) is 0 Å². The van der Waals surface area contributed by atoms with Crippen molar-refractivity contribution in [2.45, 2.75) is 24.0 Å². The molecule has 2 heterocycles. The zero-order valence-electron chi connectivity index (χ0n) is 10.2. The highest BCUT2D eigenvalue weighted by Gasteiger charge is 2.33. The predicted molar refractivity (Wildman–Crippen MR) is 68.8 cm³/mol. The molecule has 1 fully saturated rings. The van der Waals surface area contributed by atoms with Crippen LogP contribution in [0, 0.1) is 12.8 Å². The molecule has 1 saturated heterocycles. The Morgan fingerprint density at radius 1 is 1.42 bits per heavy atom. The summed E-state index contributed by atoms with van der Waals surface area (Å²) in [5, 5.41) is 8.88. The monoisotopic (exact) mass is 306 g/mol. The highest BCUT2D eigenvalue weighted by molar-refractivity contribution is 7.91. The first-order chi connectivity index (χ1) is 8.82. The minimum atomic E-state index is -3.69. The summed E-state index contributed by atoms with van der Waals surface area (Å²) < 4.78 is 25.9. The highest BCUT2D eigenvalue weighted by Crippen LogP contribution is 2.26. The molecule has 7 nitrogen and oxygen atoms in total. The van der Waals surface area contributed by atoms with Crippen LogP contribution in [-0.2, 0) is 14.8 Å². The number of piperidine rings is 1. The fourth-order valence-electron chi connectivity index (χ4n) is 2.10. The summed E-state index contributed by atoms with van der Waals surface area (Å²) in [5.74, 6) is -1.38. The third kappa shape index (κ3) is 2.72. The van der Waals surface area contributed by atoms with Gasteiger partial charge in [0, 0.05) is 18.8 Å². The Labute approximate surface area is 113 Å². The fourth-order valence-corrected chi connectivity index (χ4v) is 5.00. The number of hydrogen-bond acceptors (Lipinski definition) is 5. The van der Waals surface area contributed by atoms with Crippen LogP contribution in [0.5, 0.6) is 0 Å².